The highest BCUT2D eigenvalue weighted by atomic mass is 32.2. The highest BCUT2D eigenvalue weighted by Crippen LogP contribution is 2.21. The van der Waals surface area contributed by atoms with Gasteiger partial charge in [0.2, 0.25) is 0 Å². The van der Waals surface area contributed by atoms with E-state index in [0.29, 0.717) is 12.3 Å². The number of amides is 1. The SMILES string of the molecule is O=C(C1=CC=CN2CCS(=O)(=O)N=C12)N(Cc1cccnc1)Cc1ccco1. The fourth-order valence-electron chi connectivity index (χ4n) is 3.06. The molecule has 0 aromatic carbocycles. The first-order valence-corrected chi connectivity index (χ1v) is 10.3. The minimum atomic E-state index is -3.58. The van der Waals surface area contributed by atoms with Gasteiger partial charge in [0.1, 0.15) is 5.76 Å². The van der Waals surface area contributed by atoms with Gasteiger partial charge in [-0.2, -0.15) is 0 Å². The lowest BCUT2D eigenvalue weighted by Crippen LogP contribution is -2.43. The van der Waals surface area contributed by atoms with Crippen LogP contribution in [0.25, 0.3) is 0 Å². The molecule has 28 heavy (non-hydrogen) atoms. The summed E-state index contributed by atoms with van der Waals surface area (Å²) in [6, 6.07) is 7.21. The Morgan fingerprint density at radius 1 is 1.25 bits per heavy atom. The number of fused-ring (bicyclic) bond motifs is 1. The predicted octanol–water partition coefficient (Wildman–Crippen LogP) is 1.70. The van der Waals surface area contributed by atoms with Gasteiger partial charge in [0.15, 0.2) is 5.84 Å². The lowest BCUT2D eigenvalue weighted by Gasteiger charge is -2.31. The van der Waals surface area contributed by atoms with Gasteiger partial charge in [0, 0.05) is 31.7 Å². The van der Waals surface area contributed by atoms with Crippen molar-refractivity contribution in [3.63, 3.8) is 0 Å². The Labute approximate surface area is 162 Å². The van der Waals surface area contributed by atoms with E-state index in [1.54, 1.807) is 65.0 Å². The van der Waals surface area contributed by atoms with Crippen molar-refractivity contribution in [2.75, 3.05) is 12.3 Å². The van der Waals surface area contributed by atoms with Crippen LogP contribution in [0.3, 0.4) is 0 Å². The summed E-state index contributed by atoms with van der Waals surface area (Å²) in [6.07, 6.45) is 9.94. The van der Waals surface area contributed by atoms with Gasteiger partial charge in [-0.15, -0.1) is 4.40 Å². The molecule has 1 amide bonds. The maximum absolute atomic E-state index is 13.4. The van der Waals surface area contributed by atoms with Crippen molar-refractivity contribution in [2.45, 2.75) is 13.1 Å². The van der Waals surface area contributed by atoms with Crippen LogP contribution >= 0.6 is 0 Å². The van der Waals surface area contributed by atoms with Crippen LogP contribution in [0.2, 0.25) is 0 Å². The molecule has 4 heterocycles. The zero-order chi connectivity index (χ0) is 19.6. The molecule has 9 heteroatoms. The number of furan rings is 1. The number of amidine groups is 1. The molecule has 0 unspecified atom stereocenters. The molecule has 0 bridgehead atoms. The monoisotopic (exact) mass is 398 g/mol. The molecule has 0 radical (unpaired) electrons. The van der Waals surface area contributed by atoms with Gasteiger partial charge in [-0.05, 0) is 35.9 Å². The third-order valence-corrected chi connectivity index (χ3v) is 5.55. The molecule has 0 saturated heterocycles. The Morgan fingerprint density at radius 3 is 2.89 bits per heavy atom. The van der Waals surface area contributed by atoms with Crippen LogP contribution in [0, 0.1) is 0 Å². The van der Waals surface area contributed by atoms with Gasteiger partial charge in [-0.1, -0.05) is 6.07 Å². The van der Waals surface area contributed by atoms with Crippen molar-refractivity contribution in [1.29, 1.82) is 0 Å². The number of sulfonamides is 1. The van der Waals surface area contributed by atoms with Crippen molar-refractivity contribution in [2.24, 2.45) is 4.40 Å². The number of rotatable bonds is 5. The summed E-state index contributed by atoms with van der Waals surface area (Å²) in [6.45, 7) is 0.805. The number of aromatic nitrogens is 1. The zero-order valence-corrected chi connectivity index (χ0v) is 15.7. The average molecular weight is 398 g/mol. The van der Waals surface area contributed by atoms with Crippen molar-refractivity contribution < 1.29 is 17.6 Å². The molecule has 2 aliphatic rings. The second-order valence-corrected chi connectivity index (χ2v) is 8.17. The van der Waals surface area contributed by atoms with E-state index in [-0.39, 0.29) is 36.2 Å². The van der Waals surface area contributed by atoms with Gasteiger partial charge >= 0.3 is 0 Å². The molecule has 0 aliphatic carbocycles. The van der Waals surface area contributed by atoms with E-state index < -0.39 is 10.0 Å². The molecule has 0 atom stereocenters. The highest BCUT2D eigenvalue weighted by molar-refractivity contribution is 7.90. The van der Waals surface area contributed by atoms with E-state index >= 15 is 0 Å². The van der Waals surface area contributed by atoms with Crippen LogP contribution in [0.4, 0.5) is 0 Å². The van der Waals surface area contributed by atoms with E-state index in [1.807, 2.05) is 6.07 Å². The van der Waals surface area contributed by atoms with Crippen molar-refractivity contribution >= 4 is 21.8 Å². The van der Waals surface area contributed by atoms with Crippen LogP contribution in [0.1, 0.15) is 11.3 Å². The van der Waals surface area contributed by atoms with E-state index in [4.69, 9.17) is 4.42 Å². The molecular formula is C19H18N4O4S. The summed E-state index contributed by atoms with van der Waals surface area (Å²) in [5, 5.41) is 0. The number of allylic oxidation sites excluding steroid dienone is 2. The van der Waals surface area contributed by atoms with Crippen molar-refractivity contribution in [3.05, 3.63) is 78.2 Å². The van der Waals surface area contributed by atoms with E-state index in [2.05, 4.69) is 9.38 Å². The minimum Gasteiger partial charge on any atom is -0.467 e. The first-order chi connectivity index (χ1) is 13.5. The summed E-state index contributed by atoms with van der Waals surface area (Å²) in [7, 11) is -3.58. The van der Waals surface area contributed by atoms with Gasteiger partial charge in [0.05, 0.1) is 24.1 Å². The lowest BCUT2D eigenvalue weighted by atomic mass is 10.1. The first kappa shape index (κ1) is 18.2. The van der Waals surface area contributed by atoms with Gasteiger partial charge < -0.3 is 14.2 Å². The van der Waals surface area contributed by atoms with Gasteiger partial charge in [-0.25, -0.2) is 8.42 Å². The Morgan fingerprint density at radius 2 is 2.14 bits per heavy atom. The Balaban J connectivity index is 1.67. The fourth-order valence-corrected chi connectivity index (χ4v) is 4.04. The molecule has 2 aliphatic heterocycles. The van der Waals surface area contributed by atoms with Gasteiger partial charge in [-0.3, -0.25) is 9.78 Å². The number of carbonyl (C=O) groups is 1. The molecule has 0 spiro atoms. The quantitative estimate of drug-likeness (QED) is 0.761. The average Bonchev–Trinajstić information content (AvgIpc) is 3.20. The summed E-state index contributed by atoms with van der Waals surface area (Å²) in [5.41, 5.74) is 1.09. The van der Waals surface area contributed by atoms with Gasteiger partial charge in [0.25, 0.3) is 15.9 Å². The molecule has 8 nitrogen and oxygen atoms in total. The maximum atomic E-state index is 13.4. The second-order valence-electron chi connectivity index (χ2n) is 6.42. The third-order valence-electron chi connectivity index (χ3n) is 4.40. The summed E-state index contributed by atoms with van der Waals surface area (Å²) < 4.78 is 33.2. The summed E-state index contributed by atoms with van der Waals surface area (Å²) >= 11 is 0. The fraction of sp³-hybridized carbons (Fsp3) is 0.211. The van der Waals surface area contributed by atoms with E-state index in [1.165, 1.54) is 0 Å². The Hall–Kier alpha value is -3.20. The topological polar surface area (TPSA) is 96.1 Å². The second kappa shape index (κ2) is 7.43. The van der Waals surface area contributed by atoms with Crippen LogP contribution in [-0.4, -0.2) is 47.2 Å². The molecular weight excluding hydrogens is 380 g/mol. The number of carbonyl (C=O) groups excluding carboxylic acids is 1. The number of hydrogen-bond donors (Lipinski definition) is 0. The summed E-state index contributed by atoms with van der Waals surface area (Å²) in [4.78, 5) is 20.7. The highest BCUT2D eigenvalue weighted by Gasteiger charge is 2.32. The molecule has 144 valence electrons. The maximum Gasteiger partial charge on any atom is 0.258 e. The molecule has 4 rings (SSSR count). The van der Waals surface area contributed by atoms with Crippen LogP contribution in [0.5, 0.6) is 0 Å². The van der Waals surface area contributed by atoms with Crippen molar-refractivity contribution in [1.82, 2.24) is 14.8 Å². The third kappa shape index (κ3) is 3.89. The molecule has 0 saturated carbocycles. The Bertz CT molecular complexity index is 1060. The largest absolute Gasteiger partial charge is 0.467 e. The Kier molecular flexibility index (Phi) is 4.82. The smallest absolute Gasteiger partial charge is 0.258 e. The molecule has 2 aromatic heterocycles. The van der Waals surface area contributed by atoms with E-state index in [0.717, 1.165) is 5.56 Å². The number of hydrogen-bond acceptors (Lipinski definition) is 6. The summed E-state index contributed by atoms with van der Waals surface area (Å²) in [5.74, 6) is 0.382. The normalized spacial score (nSPS) is 17.5. The van der Waals surface area contributed by atoms with Crippen LogP contribution < -0.4 is 0 Å². The molecule has 0 fully saturated rings. The molecule has 2 aromatic rings. The molecule has 0 N–H and O–H groups in total. The van der Waals surface area contributed by atoms with E-state index in [9.17, 15) is 13.2 Å². The first-order valence-electron chi connectivity index (χ1n) is 8.70. The van der Waals surface area contributed by atoms with Crippen LogP contribution in [0.15, 0.2) is 75.7 Å². The standard InChI is InChI=1S/C19H18N4O4S/c24-19(17-6-2-8-22-9-11-28(25,26)21-18(17)22)23(14-16-5-3-10-27-16)13-15-4-1-7-20-12-15/h1-8,10,12H,9,11,13-14H2. The van der Waals surface area contributed by atoms with Crippen LogP contribution in [-0.2, 0) is 27.9 Å². The number of nitrogens with zero attached hydrogens (tertiary/aromatic N) is 4. The predicted molar refractivity (Wildman–Crippen MR) is 102 cm³/mol. The minimum absolute atomic E-state index is 0.0753. The number of pyridine rings is 1. The van der Waals surface area contributed by atoms with Crippen molar-refractivity contribution in [3.8, 4) is 0 Å². The zero-order valence-electron chi connectivity index (χ0n) is 14.9. The lowest BCUT2D eigenvalue weighted by molar-refractivity contribution is -0.128.